The maximum absolute atomic E-state index is 6.08. The molecule has 0 aromatic carbocycles. The summed E-state index contributed by atoms with van der Waals surface area (Å²) in [7, 11) is 0. The van der Waals surface area contributed by atoms with Gasteiger partial charge in [0.2, 0.25) is 0 Å². The average molecular weight is 151 g/mol. The highest BCUT2D eigenvalue weighted by Crippen LogP contribution is 2.58. The minimum absolute atomic E-state index is 0.583. The van der Waals surface area contributed by atoms with Gasteiger partial charge in [-0.25, -0.2) is 0 Å². The van der Waals surface area contributed by atoms with Crippen molar-refractivity contribution in [2.75, 3.05) is 0 Å². The third kappa shape index (κ3) is 0.703. The second kappa shape index (κ2) is 2.01. The lowest BCUT2D eigenvalue weighted by Gasteiger charge is -2.28. The van der Waals surface area contributed by atoms with Gasteiger partial charge < -0.3 is 5.73 Å². The summed E-state index contributed by atoms with van der Waals surface area (Å²) in [4.78, 5) is 0. The molecule has 3 aliphatic carbocycles. The smallest absolute Gasteiger partial charge is 0.00727 e. The van der Waals surface area contributed by atoms with Crippen molar-refractivity contribution >= 4 is 0 Å². The Morgan fingerprint density at radius 3 is 2.64 bits per heavy atom. The van der Waals surface area contributed by atoms with Crippen LogP contribution in [0.5, 0.6) is 0 Å². The van der Waals surface area contributed by atoms with Gasteiger partial charge in [-0.1, -0.05) is 6.42 Å². The van der Waals surface area contributed by atoms with E-state index in [4.69, 9.17) is 5.73 Å². The second-order valence-corrected chi connectivity index (χ2v) is 4.82. The normalized spacial score (nSPS) is 60.3. The zero-order valence-electron chi connectivity index (χ0n) is 7.00. The fourth-order valence-corrected chi connectivity index (χ4v) is 4.12. The molecule has 1 nitrogen and oxygen atoms in total. The van der Waals surface area contributed by atoms with E-state index >= 15 is 0 Å². The summed E-state index contributed by atoms with van der Waals surface area (Å²) in [6.45, 7) is 0. The van der Waals surface area contributed by atoms with E-state index in [1.807, 2.05) is 0 Å². The van der Waals surface area contributed by atoms with E-state index in [2.05, 4.69) is 0 Å². The molecule has 0 heterocycles. The van der Waals surface area contributed by atoms with Gasteiger partial charge in [0, 0.05) is 6.04 Å². The van der Waals surface area contributed by atoms with E-state index in [0.29, 0.717) is 6.04 Å². The highest BCUT2D eigenvalue weighted by Gasteiger charge is 2.52. The molecule has 2 bridgehead atoms. The summed E-state index contributed by atoms with van der Waals surface area (Å²) in [5, 5.41) is 0. The molecule has 0 radical (unpaired) electrons. The van der Waals surface area contributed by atoms with E-state index in [1.54, 1.807) is 0 Å². The first-order chi connectivity index (χ1) is 5.36. The van der Waals surface area contributed by atoms with Gasteiger partial charge in [-0.15, -0.1) is 0 Å². The molecule has 3 fully saturated rings. The molecule has 0 amide bonds. The van der Waals surface area contributed by atoms with Crippen molar-refractivity contribution < 1.29 is 0 Å². The molecule has 3 aliphatic rings. The van der Waals surface area contributed by atoms with Crippen molar-refractivity contribution in [3.8, 4) is 0 Å². The highest BCUT2D eigenvalue weighted by molar-refractivity contribution is 5.04. The molecule has 5 atom stereocenters. The van der Waals surface area contributed by atoms with Gasteiger partial charge in [-0.05, 0) is 49.4 Å². The van der Waals surface area contributed by atoms with Crippen LogP contribution in [0.4, 0.5) is 0 Å². The first-order valence-electron chi connectivity index (χ1n) is 5.12. The average Bonchev–Trinajstić information content (AvgIpc) is 2.52. The molecule has 1 unspecified atom stereocenters. The fraction of sp³-hybridized carbons (Fsp3) is 1.00. The molecular weight excluding hydrogens is 134 g/mol. The Hall–Kier alpha value is -0.0400. The number of hydrogen-bond acceptors (Lipinski definition) is 1. The molecule has 11 heavy (non-hydrogen) atoms. The largest absolute Gasteiger partial charge is 0.327 e. The van der Waals surface area contributed by atoms with Gasteiger partial charge in [-0.2, -0.15) is 0 Å². The van der Waals surface area contributed by atoms with Crippen LogP contribution in [0.1, 0.15) is 32.1 Å². The minimum atomic E-state index is 0.583. The molecule has 0 aromatic heterocycles. The molecule has 0 aromatic rings. The topological polar surface area (TPSA) is 26.0 Å². The predicted octanol–water partition coefficient (Wildman–Crippen LogP) is 1.77. The Morgan fingerprint density at radius 2 is 1.73 bits per heavy atom. The van der Waals surface area contributed by atoms with Gasteiger partial charge in [0.1, 0.15) is 0 Å². The molecule has 2 N–H and O–H groups in total. The predicted molar refractivity (Wildman–Crippen MR) is 45.0 cm³/mol. The maximum Gasteiger partial charge on any atom is 0.00727 e. The quantitative estimate of drug-likeness (QED) is 0.561. The molecule has 1 heteroatoms. The zero-order valence-corrected chi connectivity index (χ0v) is 7.00. The zero-order chi connectivity index (χ0) is 7.42. The Labute approximate surface area is 68.3 Å². The molecule has 3 saturated carbocycles. The SMILES string of the molecule is NC1C[C@@H]2C[C@H]1[C@@H]1CCC[C@H]21. The van der Waals surface area contributed by atoms with E-state index < -0.39 is 0 Å². The Morgan fingerprint density at radius 1 is 0.909 bits per heavy atom. The number of rotatable bonds is 0. The van der Waals surface area contributed by atoms with Gasteiger partial charge in [0.15, 0.2) is 0 Å². The van der Waals surface area contributed by atoms with Crippen LogP contribution in [-0.2, 0) is 0 Å². The molecule has 62 valence electrons. The number of nitrogens with two attached hydrogens (primary N) is 1. The Bertz CT molecular complexity index is 178. The molecule has 0 spiro atoms. The maximum atomic E-state index is 6.08. The first kappa shape index (κ1) is 6.47. The highest BCUT2D eigenvalue weighted by atomic mass is 14.7. The summed E-state index contributed by atoms with van der Waals surface area (Å²) in [5.74, 6) is 4.15. The summed E-state index contributed by atoms with van der Waals surface area (Å²) >= 11 is 0. The van der Waals surface area contributed by atoms with Gasteiger partial charge >= 0.3 is 0 Å². The van der Waals surface area contributed by atoms with Crippen LogP contribution in [0.15, 0.2) is 0 Å². The third-order valence-electron chi connectivity index (χ3n) is 4.48. The molecule has 0 saturated heterocycles. The Balaban J connectivity index is 1.90. The summed E-state index contributed by atoms with van der Waals surface area (Å²) in [5.41, 5.74) is 6.08. The standard InChI is InChI=1S/C10H17N/c11-10-5-6-4-9(10)8-3-1-2-7(6)8/h6-10H,1-5,11H2/t6-,7+,8+,9-,10?/m0/s1. The lowest BCUT2D eigenvalue weighted by atomic mass is 9.79. The van der Waals surface area contributed by atoms with Crippen molar-refractivity contribution in [1.82, 2.24) is 0 Å². The summed E-state index contributed by atoms with van der Waals surface area (Å²) in [6.07, 6.45) is 7.36. The van der Waals surface area contributed by atoms with Crippen molar-refractivity contribution in [3.05, 3.63) is 0 Å². The summed E-state index contributed by atoms with van der Waals surface area (Å²) < 4.78 is 0. The molecule has 3 rings (SSSR count). The Kier molecular flexibility index (Phi) is 1.18. The number of fused-ring (bicyclic) bond motifs is 5. The van der Waals surface area contributed by atoms with Crippen molar-refractivity contribution in [2.24, 2.45) is 29.4 Å². The first-order valence-corrected chi connectivity index (χ1v) is 5.12. The van der Waals surface area contributed by atoms with Gasteiger partial charge in [0.25, 0.3) is 0 Å². The van der Waals surface area contributed by atoms with Crippen LogP contribution in [0, 0.1) is 23.7 Å². The van der Waals surface area contributed by atoms with E-state index in [1.165, 1.54) is 32.1 Å². The van der Waals surface area contributed by atoms with Crippen LogP contribution in [0.3, 0.4) is 0 Å². The van der Waals surface area contributed by atoms with E-state index in [-0.39, 0.29) is 0 Å². The minimum Gasteiger partial charge on any atom is -0.327 e. The van der Waals surface area contributed by atoms with Gasteiger partial charge in [0.05, 0.1) is 0 Å². The van der Waals surface area contributed by atoms with Crippen molar-refractivity contribution in [3.63, 3.8) is 0 Å². The molecule has 0 aliphatic heterocycles. The lowest BCUT2D eigenvalue weighted by molar-refractivity contribution is 0.234. The van der Waals surface area contributed by atoms with E-state index in [0.717, 1.165) is 23.7 Å². The summed E-state index contributed by atoms with van der Waals surface area (Å²) in [6, 6.07) is 0.583. The number of hydrogen-bond donors (Lipinski definition) is 1. The fourth-order valence-electron chi connectivity index (χ4n) is 4.12. The van der Waals surface area contributed by atoms with Gasteiger partial charge in [-0.3, -0.25) is 0 Å². The van der Waals surface area contributed by atoms with Crippen LogP contribution in [-0.4, -0.2) is 6.04 Å². The molecular formula is C10H17N. The van der Waals surface area contributed by atoms with Crippen LogP contribution >= 0.6 is 0 Å². The van der Waals surface area contributed by atoms with Crippen LogP contribution in [0.2, 0.25) is 0 Å². The van der Waals surface area contributed by atoms with Crippen molar-refractivity contribution in [2.45, 2.75) is 38.1 Å². The lowest BCUT2D eigenvalue weighted by Crippen LogP contribution is -2.34. The second-order valence-electron chi connectivity index (χ2n) is 4.82. The van der Waals surface area contributed by atoms with Crippen LogP contribution < -0.4 is 5.73 Å². The monoisotopic (exact) mass is 151 g/mol. The third-order valence-corrected chi connectivity index (χ3v) is 4.48. The van der Waals surface area contributed by atoms with E-state index in [9.17, 15) is 0 Å². The van der Waals surface area contributed by atoms with Crippen LogP contribution in [0.25, 0.3) is 0 Å². The van der Waals surface area contributed by atoms with Crippen molar-refractivity contribution in [1.29, 1.82) is 0 Å².